The van der Waals surface area contributed by atoms with E-state index in [-0.39, 0.29) is 5.41 Å². The summed E-state index contributed by atoms with van der Waals surface area (Å²) in [6.45, 7) is 12.7. The first kappa shape index (κ1) is 12.2. The number of hydrogen-bond acceptors (Lipinski definition) is 1. The van der Waals surface area contributed by atoms with E-state index in [9.17, 15) is 0 Å². The van der Waals surface area contributed by atoms with Gasteiger partial charge >= 0.3 is 0 Å². The van der Waals surface area contributed by atoms with Gasteiger partial charge in [-0.2, -0.15) is 0 Å². The van der Waals surface area contributed by atoms with Crippen molar-refractivity contribution in [2.45, 2.75) is 41.5 Å². The van der Waals surface area contributed by atoms with Gasteiger partial charge in [0, 0.05) is 12.4 Å². The van der Waals surface area contributed by atoms with E-state index in [0.29, 0.717) is 0 Å². The number of allylic oxidation sites excluding steroid dienone is 3. The van der Waals surface area contributed by atoms with Crippen molar-refractivity contribution in [3.8, 4) is 0 Å². The van der Waals surface area contributed by atoms with Crippen LogP contribution in [0.5, 0.6) is 0 Å². The summed E-state index contributed by atoms with van der Waals surface area (Å²) in [5, 5.41) is 0. The molecule has 0 aromatic heterocycles. The Morgan fingerprint density at radius 3 is 2.00 bits per heavy atom. The van der Waals surface area contributed by atoms with Crippen LogP contribution in [0.25, 0.3) is 0 Å². The molecule has 0 aromatic carbocycles. The minimum atomic E-state index is 0.168. The van der Waals surface area contributed by atoms with Gasteiger partial charge in [-0.1, -0.05) is 32.4 Å². The van der Waals surface area contributed by atoms with E-state index in [2.05, 4.69) is 52.6 Å². The van der Waals surface area contributed by atoms with Crippen molar-refractivity contribution in [2.24, 2.45) is 10.4 Å². The molecule has 0 aromatic rings. The van der Waals surface area contributed by atoms with Crippen LogP contribution in [0.2, 0.25) is 0 Å². The van der Waals surface area contributed by atoms with Gasteiger partial charge in [-0.3, -0.25) is 4.99 Å². The molecule has 0 saturated heterocycles. The van der Waals surface area contributed by atoms with Gasteiger partial charge in [-0.05, 0) is 31.8 Å². The standard InChI is InChI=1S/C12H21N/c1-10(2)7-11(3)8-13-9-12(4,5)6/h7-9H,1-6H3. The number of aliphatic imine (C=N–C) groups is 1. The quantitative estimate of drug-likeness (QED) is 0.449. The monoisotopic (exact) mass is 179 g/mol. The molecule has 13 heavy (non-hydrogen) atoms. The van der Waals surface area contributed by atoms with Crippen LogP contribution in [0.3, 0.4) is 0 Å². The van der Waals surface area contributed by atoms with Gasteiger partial charge in [0.15, 0.2) is 0 Å². The van der Waals surface area contributed by atoms with Gasteiger partial charge in [-0.15, -0.1) is 0 Å². The number of nitrogens with zero attached hydrogens (tertiary/aromatic N) is 1. The molecule has 0 aliphatic rings. The van der Waals surface area contributed by atoms with Crippen molar-refractivity contribution in [2.75, 3.05) is 0 Å². The van der Waals surface area contributed by atoms with Crippen LogP contribution < -0.4 is 0 Å². The number of rotatable bonds is 2. The van der Waals surface area contributed by atoms with Gasteiger partial charge in [0.05, 0.1) is 0 Å². The Morgan fingerprint density at radius 1 is 1.08 bits per heavy atom. The molecule has 1 heteroatoms. The number of hydrogen-bond donors (Lipinski definition) is 0. The van der Waals surface area contributed by atoms with E-state index >= 15 is 0 Å². The predicted octanol–water partition coefficient (Wildman–Crippen LogP) is 3.97. The van der Waals surface area contributed by atoms with Gasteiger partial charge in [0.1, 0.15) is 0 Å². The minimum absolute atomic E-state index is 0.168. The highest BCUT2D eigenvalue weighted by atomic mass is 14.7. The first-order valence-electron chi connectivity index (χ1n) is 4.67. The van der Waals surface area contributed by atoms with Crippen molar-refractivity contribution in [3.05, 3.63) is 23.4 Å². The Hall–Kier alpha value is -0.850. The van der Waals surface area contributed by atoms with Crippen LogP contribution >= 0.6 is 0 Å². The fourth-order valence-corrected chi connectivity index (χ4v) is 0.871. The van der Waals surface area contributed by atoms with Crippen LogP contribution in [0, 0.1) is 5.41 Å². The highest BCUT2D eigenvalue weighted by Gasteiger charge is 2.03. The highest BCUT2D eigenvalue weighted by Crippen LogP contribution is 2.09. The third kappa shape index (κ3) is 9.06. The Bertz CT molecular complexity index is 232. The summed E-state index contributed by atoms with van der Waals surface area (Å²) < 4.78 is 0. The van der Waals surface area contributed by atoms with E-state index in [1.165, 1.54) is 11.1 Å². The maximum Gasteiger partial charge on any atom is 0.0293 e. The Morgan fingerprint density at radius 2 is 1.62 bits per heavy atom. The van der Waals surface area contributed by atoms with Crippen LogP contribution in [-0.2, 0) is 0 Å². The van der Waals surface area contributed by atoms with E-state index in [1.54, 1.807) is 0 Å². The summed E-state index contributed by atoms with van der Waals surface area (Å²) in [7, 11) is 0. The smallest absolute Gasteiger partial charge is 0.0293 e. The van der Waals surface area contributed by atoms with E-state index in [0.717, 1.165) is 0 Å². The third-order valence-electron chi connectivity index (χ3n) is 1.26. The van der Waals surface area contributed by atoms with Crippen LogP contribution in [0.1, 0.15) is 41.5 Å². The lowest BCUT2D eigenvalue weighted by molar-refractivity contribution is 0.607. The molecule has 0 unspecified atom stereocenters. The molecule has 0 spiro atoms. The SMILES string of the molecule is CC(C)=CC(C)=CN=CC(C)(C)C. The molecule has 0 bridgehead atoms. The second-order valence-electron chi connectivity index (χ2n) is 4.74. The van der Waals surface area contributed by atoms with Crippen molar-refractivity contribution in [1.29, 1.82) is 0 Å². The average molecular weight is 179 g/mol. The van der Waals surface area contributed by atoms with Crippen LogP contribution in [0.4, 0.5) is 0 Å². The van der Waals surface area contributed by atoms with E-state index < -0.39 is 0 Å². The lowest BCUT2D eigenvalue weighted by Crippen LogP contribution is -2.05. The Kier molecular flexibility index (Phi) is 4.68. The van der Waals surface area contributed by atoms with Crippen LogP contribution in [0.15, 0.2) is 28.4 Å². The normalized spacial score (nSPS) is 13.5. The second kappa shape index (κ2) is 5.00. The Balaban J connectivity index is 4.28. The molecule has 0 radical (unpaired) electrons. The molecule has 1 nitrogen and oxygen atoms in total. The zero-order valence-corrected chi connectivity index (χ0v) is 9.68. The molecule has 0 aliphatic carbocycles. The first-order chi connectivity index (χ1) is 5.81. The van der Waals surface area contributed by atoms with Crippen molar-refractivity contribution in [3.63, 3.8) is 0 Å². The molecular weight excluding hydrogens is 158 g/mol. The van der Waals surface area contributed by atoms with Gasteiger partial charge in [0.2, 0.25) is 0 Å². The molecular formula is C12H21N. The minimum Gasteiger partial charge on any atom is -0.268 e. The van der Waals surface area contributed by atoms with Gasteiger partial charge in [-0.25, -0.2) is 0 Å². The molecule has 0 rings (SSSR count). The molecule has 0 fully saturated rings. The zero-order chi connectivity index (χ0) is 10.5. The topological polar surface area (TPSA) is 12.4 Å². The molecule has 0 amide bonds. The lowest BCUT2D eigenvalue weighted by Gasteiger charge is -2.08. The van der Waals surface area contributed by atoms with Crippen molar-refractivity contribution >= 4 is 6.21 Å². The largest absolute Gasteiger partial charge is 0.268 e. The maximum absolute atomic E-state index is 4.26. The summed E-state index contributed by atoms with van der Waals surface area (Å²) >= 11 is 0. The molecule has 0 N–H and O–H groups in total. The summed E-state index contributed by atoms with van der Waals surface area (Å²) in [5.74, 6) is 0. The summed E-state index contributed by atoms with van der Waals surface area (Å²) in [5.41, 5.74) is 2.67. The van der Waals surface area contributed by atoms with Gasteiger partial charge < -0.3 is 0 Å². The lowest BCUT2D eigenvalue weighted by atomic mass is 9.99. The summed E-state index contributed by atoms with van der Waals surface area (Å²) in [6, 6.07) is 0. The fourth-order valence-electron chi connectivity index (χ4n) is 0.871. The molecule has 0 saturated carbocycles. The molecule has 0 atom stereocenters. The van der Waals surface area contributed by atoms with Crippen LogP contribution in [-0.4, -0.2) is 6.21 Å². The highest BCUT2D eigenvalue weighted by molar-refractivity contribution is 5.64. The molecule has 0 aliphatic heterocycles. The predicted molar refractivity (Wildman–Crippen MR) is 61.1 cm³/mol. The van der Waals surface area contributed by atoms with E-state index in [1.807, 2.05) is 12.4 Å². The first-order valence-corrected chi connectivity index (χ1v) is 4.67. The second-order valence-corrected chi connectivity index (χ2v) is 4.74. The molecule has 74 valence electrons. The fraction of sp³-hybridized carbons (Fsp3) is 0.583. The van der Waals surface area contributed by atoms with Crippen molar-refractivity contribution in [1.82, 2.24) is 0 Å². The molecule has 0 heterocycles. The Labute approximate surface area is 82.3 Å². The van der Waals surface area contributed by atoms with E-state index in [4.69, 9.17) is 0 Å². The third-order valence-corrected chi connectivity index (χ3v) is 1.26. The summed E-state index contributed by atoms with van der Waals surface area (Å²) in [4.78, 5) is 4.26. The average Bonchev–Trinajstić information content (AvgIpc) is 1.81. The van der Waals surface area contributed by atoms with Crippen molar-refractivity contribution < 1.29 is 0 Å². The maximum atomic E-state index is 4.26. The van der Waals surface area contributed by atoms with Gasteiger partial charge in [0.25, 0.3) is 0 Å². The zero-order valence-electron chi connectivity index (χ0n) is 9.68. The summed E-state index contributed by atoms with van der Waals surface area (Å²) in [6.07, 6.45) is 5.99.